The van der Waals surface area contributed by atoms with E-state index in [1.165, 1.54) is 27.9 Å². The first-order chi connectivity index (χ1) is 22.1. The molecular formula is C36H68N4S4. The number of aromatic nitrogens is 4. The van der Waals surface area contributed by atoms with Crippen LogP contribution in [0.3, 0.4) is 0 Å². The highest BCUT2D eigenvalue weighted by atomic mass is 32.1. The fraction of sp³-hybridized carbons (Fsp3) is 0.667. The Labute approximate surface area is 296 Å². The number of thiazole rings is 1. The van der Waals surface area contributed by atoms with E-state index in [2.05, 4.69) is 102 Å². The highest BCUT2D eigenvalue weighted by Gasteiger charge is 2.16. The minimum absolute atomic E-state index is 0.0191. The Bertz CT molecular complexity index is 1100. The van der Waals surface area contributed by atoms with Crippen molar-refractivity contribution in [1.29, 1.82) is 0 Å². The lowest BCUT2D eigenvalue weighted by atomic mass is 9.95. The molecule has 8 heteroatoms. The van der Waals surface area contributed by atoms with Gasteiger partial charge in [-0.05, 0) is 62.2 Å². The van der Waals surface area contributed by atoms with Crippen molar-refractivity contribution in [3.63, 3.8) is 0 Å². The van der Waals surface area contributed by atoms with Crippen LogP contribution < -0.4 is 0 Å². The first-order valence-electron chi connectivity index (χ1n) is 17.7. The summed E-state index contributed by atoms with van der Waals surface area (Å²) < 4.78 is 37.4. The average Bonchev–Trinajstić information content (AvgIpc) is 3.81. The van der Waals surface area contributed by atoms with Crippen molar-refractivity contribution in [3.05, 3.63) is 67.1 Å². The van der Waals surface area contributed by atoms with E-state index < -0.39 is 0 Å². The topological polar surface area (TPSA) is 51.6 Å². The van der Waals surface area contributed by atoms with Gasteiger partial charge in [-0.1, -0.05) is 149 Å². The molecule has 4 rings (SSSR count). The third-order valence-electron chi connectivity index (χ3n) is 4.30. The minimum Gasteiger partial charge on any atom is -0.253 e. The predicted molar refractivity (Wildman–Crippen MR) is 209 cm³/mol. The van der Waals surface area contributed by atoms with Gasteiger partial charge in [-0.2, -0.15) is 0 Å². The molecule has 0 unspecified atom stereocenters. The Morgan fingerprint density at radius 1 is 0.545 bits per heavy atom. The molecule has 0 saturated carbocycles. The number of rotatable bonds is 0. The van der Waals surface area contributed by atoms with Crippen molar-refractivity contribution in [2.75, 3.05) is 0 Å². The second-order valence-corrected chi connectivity index (χ2v) is 15.5. The molecule has 0 aliphatic rings. The number of nitrogens with zero attached hydrogens (tertiary/aromatic N) is 4. The van der Waals surface area contributed by atoms with E-state index in [1.807, 2.05) is 66.8 Å². The van der Waals surface area contributed by atoms with Gasteiger partial charge >= 0.3 is 0 Å². The molecule has 0 fully saturated rings. The first kappa shape index (κ1) is 40.5. The average molecular weight is 689 g/mol. The van der Waals surface area contributed by atoms with E-state index in [0.717, 1.165) is 14.6 Å². The highest BCUT2D eigenvalue weighted by molar-refractivity contribution is 7.10. The number of hydrogen-bond acceptors (Lipinski definition) is 8. The van der Waals surface area contributed by atoms with Crippen molar-refractivity contribution < 1.29 is 5.48 Å². The Balaban J connectivity index is -0.000000251. The Hall–Kier alpha value is -1.48. The minimum atomic E-state index is 0.0191. The summed E-state index contributed by atoms with van der Waals surface area (Å²) >= 11 is 5.95. The van der Waals surface area contributed by atoms with Gasteiger partial charge in [-0.15, -0.1) is 27.8 Å². The van der Waals surface area contributed by atoms with Gasteiger partial charge in [0.05, 0.1) is 22.0 Å². The molecule has 0 atom stereocenters. The maximum Gasteiger partial charge on any atom is 0.0873 e. The molecule has 4 aromatic rings. The van der Waals surface area contributed by atoms with Gasteiger partial charge in [-0.3, -0.25) is 4.98 Å². The molecule has 4 aromatic heterocycles. The quantitative estimate of drug-likeness (QED) is 0.184. The largest absolute Gasteiger partial charge is 0.253 e. The molecule has 0 aliphatic heterocycles. The second-order valence-electron chi connectivity index (χ2n) is 12.2. The lowest BCUT2D eigenvalue weighted by Gasteiger charge is -2.14. The maximum atomic E-state index is 7.52. The van der Waals surface area contributed by atoms with Crippen molar-refractivity contribution in [3.8, 4) is 0 Å². The van der Waals surface area contributed by atoms with Crippen LogP contribution in [0.25, 0.3) is 0 Å². The zero-order chi connectivity index (χ0) is 39.1. The third-order valence-corrected chi connectivity index (χ3v) is 8.86. The van der Waals surface area contributed by atoms with Gasteiger partial charge < -0.3 is 0 Å². The van der Waals surface area contributed by atoms with Crippen molar-refractivity contribution in [2.45, 2.75) is 160 Å². The van der Waals surface area contributed by atoms with Gasteiger partial charge in [0.25, 0.3) is 0 Å². The van der Waals surface area contributed by atoms with E-state index >= 15 is 0 Å². The smallest absolute Gasteiger partial charge is 0.0873 e. The molecular weight excluding hydrogens is 617 g/mol. The normalized spacial score (nSPS) is 11.5. The maximum absolute atomic E-state index is 7.52. The van der Waals surface area contributed by atoms with E-state index in [1.54, 1.807) is 34.4 Å². The van der Waals surface area contributed by atoms with Gasteiger partial charge in [-0.25, -0.2) is 4.37 Å². The summed E-state index contributed by atoms with van der Waals surface area (Å²) in [6, 6.07) is 3.10. The van der Waals surface area contributed by atoms with Crippen LogP contribution in [0.4, 0.5) is 0 Å². The molecule has 44 heavy (non-hydrogen) atoms. The van der Waals surface area contributed by atoms with Crippen LogP contribution in [-0.4, -0.2) is 18.9 Å². The van der Waals surface area contributed by atoms with Gasteiger partial charge in [0.2, 0.25) is 0 Å². The summed E-state index contributed by atoms with van der Waals surface area (Å²) in [5, 5.41) is 5.59. The molecule has 0 aliphatic carbocycles. The molecule has 0 N–H and O–H groups in total. The SMILES string of the molecule is CC.CC.CC.CC.[2H]c1ccsc1C(C)(C)C.[2H]c1cnsc1C(C)(C)C.[2H]c1ncsc1C(C)(C)C.[2H]c1nnsc1C(C)(C)C. The zero-order valence-electron chi connectivity index (χ0n) is 35.7. The van der Waals surface area contributed by atoms with E-state index in [9.17, 15) is 0 Å². The fourth-order valence-electron chi connectivity index (χ4n) is 2.17. The predicted octanol–water partition coefficient (Wildman–Crippen LogP) is 13.9. The second kappa shape index (κ2) is 26.7. The van der Waals surface area contributed by atoms with Crippen LogP contribution in [-0.2, 0) is 21.7 Å². The van der Waals surface area contributed by atoms with Crippen molar-refractivity contribution >= 4 is 45.7 Å². The standard InChI is InChI=1S/C8H12S.2C7H11NS.C6H10N2S.4C2H6/c1-8(2,3)7-5-4-6-9-7;1-7(2,3)6-4-8-5-9-6;1-7(2,3)6-4-5-8-9-6;1-6(2,3)5-4-7-8-9-5;4*1-2/h4-6H,1-3H3;2*4-5H,1-3H3;4H,1-3H3;4*1-2H3/i5D;3*4D;;;;. The van der Waals surface area contributed by atoms with E-state index in [-0.39, 0.29) is 21.7 Å². The Kier molecular flexibility index (Phi) is 24.6. The summed E-state index contributed by atoms with van der Waals surface area (Å²) in [4.78, 5) is 8.12. The first-order valence-corrected chi connectivity index (χ1v) is 19.0. The summed E-state index contributed by atoms with van der Waals surface area (Å²) in [7, 11) is 0. The molecule has 0 amide bonds. The monoisotopic (exact) mass is 688 g/mol. The summed E-state index contributed by atoms with van der Waals surface area (Å²) in [5.74, 6) is 0. The van der Waals surface area contributed by atoms with Crippen molar-refractivity contribution in [2.24, 2.45) is 0 Å². The zero-order valence-corrected chi connectivity index (χ0v) is 35.0. The lowest BCUT2D eigenvalue weighted by Crippen LogP contribution is -2.07. The number of thiophene rings is 1. The van der Waals surface area contributed by atoms with Crippen LogP contribution in [0.5, 0.6) is 0 Å². The Morgan fingerprint density at radius 2 is 1.02 bits per heavy atom. The van der Waals surface area contributed by atoms with Gasteiger partial charge in [0.1, 0.15) is 0 Å². The molecule has 4 heterocycles. The third kappa shape index (κ3) is 24.8. The summed E-state index contributed by atoms with van der Waals surface area (Å²) in [6.07, 6.45) is 2.35. The summed E-state index contributed by atoms with van der Waals surface area (Å²) in [5.41, 5.74) is 2.05. The van der Waals surface area contributed by atoms with Crippen molar-refractivity contribution in [1.82, 2.24) is 18.9 Å². The van der Waals surface area contributed by atoms with E-state index in [0.29, 0.717) is 24.4 Å². The molecule has 256 valence electrons. The fourth-order valence-corrected chi connectivity index (χ4v) is 4.71. The molecule has 0 spiro atoms. The number of hydrogen-bond donors (Lipinski definition) is 0. The van der Waals surface area contributed by atoms with Crippen LogP contribution in [0.15, 0.2) is 47.6 Å². The molecule has 0 aromatic carbocycles. The summed E-state index contributed by atoms with van der Waals surface area (Å²) in [6.45, 7) is 41.1. The highest BCUT2D eigenvalue weighted by Crippen LogP contribution is 2.27. The van der Waals surface area contributed by atoms with Crippen LogP contribution >= 0.6 is 45.7 Å². The van der Waals surface area contributed by atoms with Gasteiger partial charge in [0, 0.05) is 27.0 Å². The van der Waals surface area contributed by atoms with Crippen LogP contribution in [0.1, 0.15) is 163 Å². The van der Waals surface area contributed by atoms with Crippen LogP contribution in [0, 0.1) is 0 Å². The molecule has 0 radical (unpaired) electrons. The van der Waals surface area contributed by atoms with Gasteiger partial charge in [0.15, 0.2) is 0 Å². The molecule has 4 nitrogen and oxygen atoms in total. The Morgan fingerprint density at radius 3 is 1.20 bits per heavy atom. The lowest BCUT2D eigenvalue weighted by molar-refractivity contribution is 0.602. The van der Waals surface area contributed by atoms with Crippen LogP contribution in [0.2, 0.25) is 0 Å². The molecule has 0 saturated heterocycles. The van der Waals surface area contributed by atoms with E-state index in [4.69, 9.17) is 5.48 Å². The molecule has 0 bridgehead atoms.